The van der Waals surface area contributed by atoms with E-state index in [9.17, 15) is 9.59 Å². The Morgan fingerprint density at radius 1 is 1.50 bits per heavy atom. The molecule has 1 aromatic heterocycles. The van der Waals surface area contributed by atoms with Gasteiger partial charge < -0.3 is 21.5 Å². The second-order valence-corrected chi connectivity index (χ2v) is 5.92. The fraction of sp³-hybridized carbons (Fsp3) is 0.538. The lowest BCUT2D eigenvalue weighted by Crippen LogP contribution is -2.19. The van der Waals surface area contributed by atoms with Crippen molar-refractivity contribution < 1.29 is 14.3 Å². The third-order valence-electron chi connectivity index (χ3n) is 3.34. The molecule has 0 bridgehead atoms. The molecule has 0 spiro atoms. The van der Waals surface area contributed by atoms with Crippen LogP contribution in [0.4, 0.5) is 10.7 Å². The van der Waals surface area contributed by atoms with Crippen molar-refractivity contribution in [2.75, 3.05) is 17.7 Å². The van der Waals surface area contributed by atoms with Gasteiger partial charge in [-0.25, -0.2) is 4.79 Å². The third kappa shape index (κ3) is 2.87. The lowest BCUT2D eigenvalue weighted by atomic mass is 10.2. The molecule has 5 N–H and O–H groups in total. The molecule has 110 valence electrons. The zero-order chi connectivity index (χ0) is 14.9. The second-order valence-electron chi connectivity index (χ2n) is 4.90. The first-order valence-corrected chi connectivity index (χ1v) is 7.43. The molecule has 1 atom stereocenters. The van der Waals surface area contributed by atoms with Crippen LogP contribution >= 0.6 is 11.3 Å². The Bertz CT molecular complexity index is 537. The van der Waals surface area contributed by atoms with Crippen LogP contribution in [0.2, 0.25) is 0 Å². The lowest BCUT2D eigenvalue weighted by molar-refractivity contribution is 0.0529. The van der Waals surface area contributed by atoms with Crippen molar-refractivity contribution in [3.63, 3.8) is 0 Å². The van der Waals surface area contributed by atoms with Crippen molar-refractivity contribution >= 4 is 33.9 Å². The van der Waals surface area contributed by atoms with Gasteiger partial charge in [-0.2, -0.15) is 0 Å². The monoisotopic (exact) mass is 297 g/mol. The van der Waals surface area contributed by atoms with Crippen molar-refractivity contribution in [1.82, 2.24) is 0 Å². The number of thiophene rings is 1. The average molecular weight is 297 g/mol. The summed E-state index contributed by atoms with van der Waals surface area (Å²) < 4.78 is 5.00. The van der Waals surface area contributed by atoms with E-state index in [0.29, 0.717) is 10.9 Å². The fourth-order valence-electron chi connectivity index (χ4n) is 2.06. The van der Waals surface area contributed by atoms with Gasteiger partial charge in [0, 0.05) is 6.04 Å². The molecule has 1 heterocycles. The number of nitrogen functional groups attached to an aromatic ring is 1. The minimum absolute atomic E-state index is 0.103. The third-order valence-corrected chi connectivity index (χ3v) is 4.49. The van der Waals surface area contributed by atoms with Gasteiger partial charge in [-0.1, -0.05) is 0 Å². The number of nitrogens with one attached hydrogen (secondary N) is 1. The average Bonchev–Trinajstić information content (AvgIpc) is 3.15. The van der Waals surface area contributed by atoms with Crippen molar-refractivity contribution in [2.45, 2.75) is 32.7 Å². The Hall–Kier alpha value is -1.76. The number of hydrogen-bond acceptors (Lipinski definition) is 6. The van der Waals surface area contributed by atoms with E-state index in [4.69, 9.17) is 16.2 Å². The van der Waals surface area contributed by atoms with Crippen LogP contribution in [0.15, 0.2) is 0 Å². The van der Waals surface area contributed by atoms with Crippen molar-refractivity contribution in [1.29, 1.82) is 0 Å². The first-order valence-electron chi connectivity index (χ1n) is 6.61. The largest absolute Gasteiger partial charge is 0.462 e. The summed E-state index contributed by atoms with van der Waals surface area (Å²) in [6.45, 7) is 4.01. The van der Waals surface area contributed by atoms with Crippen LogP contribution in [0.25, 0.3) is 0 Å². The maximum atomic E-state index is 12.0. The van der Waals surface area contributed by atoms with E-state index in [-0.39, 0.29) is 28.8 Å². The van der Waals surface area contributed by atoms with E-state index < -0.39 is 11.9 Å². The molecule has 1 fully saturated rings. The normalized spacial score (nSPS) is 15.7. The molecular weight excluding hydrogens is 278 g/mol. The summed E-state index contributed by atoms with van der Waals surface area (Å²) in [5, 5.41) is 3.82. The molecule has 6 nitrogen and oxygen atoms in total. The number of esters is 1. The number of carbonyl (C=O) groups is 2. The number of ether oxygens (including phenoxy) is 1. The number of nitrogens with two attached hydrogens (primary N) is 2. The molecule has 1 amide bonds. The zero-order valence-corrected chi connectivity index (χ0v) is 12.4. The highest BCUT2D eigenvalue weighted by atomic mass is 32.1. The van der Waals surface area contributed by atoms with E-state index in [0.717, 1.165) is 11.3 Å². The zero-order valence-electron chi connectivity index (χ0n) is 11.6. The predicted octanol–water partition coefficient (Wildman–Crippen LogP) is 1.82. The molecule has 2 rings (SSSR count). The van der Waals surface area contributed by atoms with Crippen LogP contribution in [0.3, 0.4) is 0 Å². The molecular formula is C13H19N3O3S. The van der Waals surface area contributed by atoms with E-state index in [1.807, 2.05) is 6.92 Å². The Balaban J connectivity index is 2.34. The van der Waals surface area contributed by atoms with Crippen LogP contribution in [0.5, 0.6) is 0 Å². The number of carbonyl (C=O) groups excluding carboxylic acids is 2. The van der Waals surface area contributed by atoms with E-state index >= 15 is 0 Å². The van der Waals surface area contributed by atoms with Gasteiger partial charge in [0.05, 0.1) is 12.3 Å². The van der Waals surface area contributed by atoms with Crippen molar-refractivity contribution in [3.8, 4) is 0 Å². The van der Waals surface area contributed by atoms with Crippen LogP contribution in [0, 0.1) is 5.92 Å². The van der Waals surface area contributed by atoms with Gasteiger partial charge in [-0.3, -0.25) is 4.79 Å². The standard InChI is InChI=1S/C13H19N3O3S/c1-3-19-13(18)8-9(14)10(11(15)17)20-12(8)16-6(2)7-4-5-7/h6-7,16H,3-5,14H2,1-2H3,(H2,15,17). The van der Waals surface area contributed by atoms with Crippen molar-refractivity contribution in [3.05, 3.63) is 10.4 Å². The summed E-state index contributed by atoms with van der Waals surface area (Å²) in [7, 11) is 0. The molecule has 0 saturated heterocycles. The lowest BCUT2D eigenvalue weighted by Gasteiger charge is -2.14. The Morgan fingerprint density at radius 2 is 2.15 bits per heavy atom. The molecule has 1 aromatic rings. The number of hydrogen-bond donors (Lipinski definition) is 3. The smallest absolute Gasteiger partial charge is 0.343 e. The fourth-order valence-corrected chi connectivity index (χ4v) is 3.11. The summed E-state index contributed by atoms with van der Waals surface area (Å²) >= 11 is 1.11. The molecule has 0 aliphatic heterocycles. The quantitative estimate of drug-likeness (QED) is 0.694. The van der Waals surface area contributed by atoms with Gasteiger partial charge in [-0.15, -0.1) is 11.3 Å². The molecule has 1 unspecified atom stereocenters. The Morgan fingerprint density at radius 3 is 2.65 bits per heavy atom. The van der Waals surface area contributed by atoms with Gasteiger partial charge in [0.1, 0.15) is 15.4 Å². The van der Waals surface area contributed by atoms with E-state index in [2.05, 4.69) is 5.32 Å². The van der Waals surface area contributed by atoms with Crippen LogP contribution in [-0.4, -0.2) is 24.5 Å². The summed E-state index contributed by atoms with van der Waals surface area (Å²) in [6, 6.07) is 0.224. The van der Waals surface area contributed by atoms with Crippen LogP contribution in [-0.2, 0) is 4.74 Å². The highest BCUT2D eigenvalue weighted by Crippen LogP contribution is 2.40. The van der Waals surface area contributed by atoms with Gasteiger partial charge in [0.2, 0.25) is 0 Å². The minimum atomic E-state index is -0.634. The van der Waals surface area contributed by atoms with Crippen molar-refractivity contribution in [2.24, 2.45) is 11.7 Å². The highest BCUT2D eigenvalue weighted by Gasteiger charge is 2.31. The predicted molar refractivity (Wildman–Crippen MR) is 79.0 cm³/mol. The van der Waals surface area contributed by atoms with Crippen LogP contribution in [0.1, 0.15) is 46.7 Å². The van der Waals surface area contributed by atoms with E-state index in [1.54, 1.807) is 6.92 Å². The molecule has 20 heavy (non-hydrogen) atoms. The summed E-state index contributed by atoms with van der Waals surface area (Å²) in [5.41, 5.74) is 11.5. The summed E-state index contributed by atoms with van der Waals surface area (Å²) in [5.74, 6) is -0.560. The highest BCUT2D eigenvalue weighted by molar-refractivity contribution is 7.19. The first kappa shape index (κ1) is 14.6. The Labute approximate surface area is 121 Å². The van der Waals surface area contributed by atoms with Gasteiger partial charge in [0.15, 0.2) is 0 Å². The van der Waals surface area contributed by atoms with Crippen LogP contribution < -0.4 is 16.8 Å². The first-order chi connectivity index (χ1) is 9.45. The molecule has 1 saturated carbocycles. The maximum Gasteiger partial charge on any atom is 0.343 e. The van der Waals surface area contributed by atoms with Gasteiger partial charge >= 0.3 is 5.97 Å². The molecule has 1 aliphatic carbocycles. The molecule has 1 aliphatic rings. The van der Waals surface area contributed by atoms with Gasteiger partial charge in [-0.05, 0) is 32.6 Å². The number of amides is 1. The van der Waals surface area contributed by atoms with E-state index in [1.165, 1.54) is 12.8 Å². The molecule has 0 aromatic carbocycles. The summed E-state index contributed by atoms with van der Waals surface area (Å²) in [6.07, 6.45) is 2.35. The second kappa shape index (κ2) is 5.70. The number of primary amides is 1. The molecule has 0 radical (unpaired) electrons. The maximum absolute atomic E-state index is 12.0. The topological polar surface area (TPSA) is 107 Å². The van der Waals surface area contributed by atoms with Gasteiger partial charge in [0.25, 0.3) is 5.91 Å². The number of anilines is 2. The molecule has 7 heteroatoms. The Kier molecular flexibility index (Phi) is 4.17. The minimum Gasteiger partial charge on any atom is -0.462 e. The SMILES string of the molecule is CCOC(=O)c1c(NC(C)C2CC2)sc(C(N)=O)c1N. The summed E-state index contributed by atoms with van der Waals surface area (Å²) in [4.78, 5) is 23.6. The number of rotatable bonds is 6.